The van der Waals surface area contributed by atoms with Gasteiger partial charge in [0.2, 0.25) is 0 Å². The van der Waals surface area contributed by atoms with Crippen molar-refractivity contribution in [1.82, 2.24) is 4.90 Å². The molecule has 0 spiro atoms. The Labute approximate surface area is 171 Å². The van der Waals surface area contributed by atoms with Gasteiger partial charge in [0, 0.05) is 19.0 Å². The van der Waals surface area contributed by atoms with Crippen LogP contribution in [0.3, 0.4) is 0 Å². The standard InChI is InChI=1S/C26H37NO/c1-24(2)17-23-18-25(3,19-24)20-27(23)16-10-9-15-26(28,22-13-7-8-14-22)21-11-5-4-6-12-21/h4-6,11-12,22-23,28H,7-8,13-20H2,1-3H3/t23-,25-,26-/m0/s1. The van der Waals surface area contributed by atoms with E-state index in [1.165, 1.54) is 38.6 Å². The van der Waals surface area contributed by atoms with Gasteiger partial charge in [-0.15, -0.1) is 0 Å². The molecule has 28 heavy (non-hydrogen) atoms. The molecule has 1 saturated heterocycles. The highest BCUT2D eigenvalue weighted by atomic mass is 16.3. The molecule has 1 heterocycles. The van der Waals surface area contributed by atoms with E-state index in [0.717, 1.165) is 24.9 Å². The minimum Gasteiger partial charge on any atom is -0.384 e. The molecular weight excluding hydrogens is 342 g/mol. The summed E-state index contributed by atoms with van der Waals surface area (Å²) in [6.07, 6.45) is 9.21. The van der Waals surface area contributed by atoms with Gasteiger partial charge in [-0.05, 0) is 54.4 Å². The molecule has 1 N–H and O–H groups in total. The summed E-state index contributed by atoms with van der Waals surface area (Å²) >= 11 is 0. The van der Waals surface area contributed by atoms with Gasteiger partial charge in [0.1, 0.15) is 5.60 Å². The van der Waals surface area contributed by atoms with E-state index in [-0.39, 0.29) is 0 Å². The third kappa shape index (κ3) is 4.03. The molecular formula is C26H37NO. The molecule has 1 aromatic carbocycles. The first-order valence-corrected chi connectivity index (χ1v) is 11.3. The second-order valence-electron chi connectivity index (χ2n) is 10.9. The largest absolute Gasteiger partial charge is 0.384 e. The minimum absolute atomic E-state index is 0.343. The predicted molar refractivity (Wildman–Crippen MR) is 116 cm³/mol. The third-order valence-corrected chi connectivity index (χ3v) is 7.59. The highest BCUT2D eigenvalue weighted by Crippen LogP contribution is 2.52. The van der Waals surface area contributed by atoms with Crippen LogP contribution in [0, 0.1) is 28.6 Å². The van der Waals surface area contributed by atoms with Crippen LogP contribution >= 0.6 is 0 Å². The van der Waals surface area contributed by atoms with Crippen LogP contribution in [0.25, 0.3) is 0 Å². The van der Waals surface area contributed by atoms with Gasteiger partial charge in [0.25, 0.3) is 0 Å². The maximum atomic E-state index is 11.6. The second kappa shape index (κ2) is 7.51. The molecule has 1 aromatic rings. The van der Waals surface area contributed by atoms with E-state index in [0.29, 0.717) is 29.2 Å². The van der Waals surface area contributed by atoms with Gasteiger partial charge in [-0.2, -0.15) is 0 Å². The Bertz CT molecular complexity index is 739. The Morgan fingerprint density at radius 3 is 2.50 bits per heavy atom. The van der Waals surface area contributed by atoms with Crippen LogP contribution in [-0.2, 0) is 5.60 Å². The number of fused-ring (bicyclic) bond motifs is 2. The summed E-state index contributed by atoms with van der Waals surface area (Å²) in [7, 11) is 0. The molecule has 2 saturated carbocycles. The maximum absolute atomic E-state index is 11.6. The third-order valence-electron chi connectivity index (χ3n) is 7.59. The zero-order valence-corrected chi connectivity index (χ0v) is 18.0. The average Bonchev–Trinajstić information content (AvgIpc) is 3.25. The number of aliphatic hydroxyl groups is 1. The van der Waals surface area contributed by atoms with Crippen LogP contribution in [0.4, 0.5) is 0 Å². The molecule has 152 valence electrons. The summed E-state index contributed by atoms with van der Waals surface area (Å²) in [6, 6.07) is 10.9. The zero-order chi connectivity index (χ0) is 19.8. The van der Waals surface area contributed by atoms with Crippen LogP contribution in [0.15, 0.2) is 30.3 Å². The molecule has 0 amide bonds. The van der Waals surface area contributed by atoms with E-state index in [4.69, 9.17) is 0 Å². The number of benzene rings is 1. The number of nitrogens with zero attached hydrogens (tertiary/aromatic N) is 1. The highest BCUT2D eigenvalue weighted by molar-refractivity contribution is 5.26. The first kappa shape index (κ1) is 20.0. The Balaban J connectivity index is 1.44. The molecule has 2 nitrogen and oxygen atoms in total. The summed E-state index contributed by atoms with van der Waals surface area (Å²) < 4.78 is 0. The monoisotopic (exact) mass is 379 g/mol. The van der Waals surface area contributed by atoms with Gasteiger partial charge in [-0.1, -0.05) is 75.8 Å². The first-order chi connectivity index (χ1) is 13.3. The topological polar surface area (TPSA) is 23.5 Å². The van der Waals surface area contributed by atoms with Crippen molar-refractivity contribution in [3.63, 3.8) is 0 Å². The average molecular weight is 380 g/mol. The first-order valence-electron chi connectivity index (χ1n) is 11.3. The van der Waals surface area contributed by atoms with E-state index < -0.39 is 5.60 Å². The molecule has 2 aliphatic carbocycles. The lowest BCUT2D eigenvalue weighted by Gasteiger charge is -2.39. The van der Waals surface area contributed by atoms with Crippen molar-refractivity contribution in [3.05, 3.63) is 35.9 Å². The van der Waals surface area contributed by atoms with E-state index in [1.807, 2.05) is 18.2 Å². The number of hydrogen-bond donors (Lipinski definition) is 1. The Kier molecular flexibility index (Phi) is 5.36. The molecule has 2 bridgehead atoms. The maximum Gasteiger partial charge on any atom is 0.103 e. The van der Waals surface area contributed by atoms with Crippen molar-refractivity contribution in [2.24, 2.45) is 16.7 Å². The molecule has 3 atom stereocenters. The SMILES string of the molecule is CC1(C)C[C@H]2C[C@](C)(CN2CC#CC[C@](O)(c2ccccc2)C2CCCC2)C1. The van der Waals surface area contributed by atoms with Gasteiger partial charge in [-0.25, -0.2) is 0 Å². The zero-order valence-electron chi connectivity index (χ0n) is 18.0. The molecule has 0 aromatic heterocycles. The molecule has 2 heteroatoms. The van der Waals surface area contributed by atoms with Crippen molar-refractivity contribution < 1.29 is 5.11 Å². The lowest BCUT2D eigenvalue weighted by atomic mass is 9.65. The molecule has 4 rings (SSSR count). The molecule has 3 fully saturated rings. The minimum atomic E-state index is -0.792. The fourth-order valence-corrected chi connectivity index (χ4v) is 6.73. The molecule has 0 radical (unpaired) electrons. The van der Waals surface area contributed by atoms with E-state index in [9.17, 15) is 5.11 Å². The van der Waals surface area contributed by atoms with Crippen molar-refractivity contribution in [2.45, 2.75) is 83.8 Å². The van der Waals surface area contributed by atoms with E-state index in [1.54, 1.807) is 0 Å². The molecule has 3 aliphatic rings. The summed E-state index contributed by atoms with van der Waals surface area (Å²) in [5, 5.41) is 11.6. The van der Waals surface area contributed by atoms with E-state index >= 15 is 0 Å². The van der Waals surface area contributed by atoms with Crippen molar-refractivity contribution in [2.75, 3.05) is 13.1 Å². The fourth-order valence-electron chi connectivity index (χ4n) is 6.73. The van der Waals surface area contributed by atoms with Gasteiger partial charge in [-0.3, -0.25) is 4.90 Å². The smallest absolute Gasteiger partial charge is 0.103 e. The molecule has 1 aliphatic heterocycles. The van der Waals surface area contributed by atoms with Gasteiger partial charge in [0.15, 0.2) is 0 Å². The van der Waals surface area contributed by atoms with Crippen LogP contribution in [0.2, 0.25) is 0 Å². The van der Waals surface area contributed by atoms with Crippen LogP contribution in [0.1, 0.15) is 77.7 Å². The second-order valence-corrected chi connectivity index (χ2v) is 10.9. The summed E-state index contributed by atoms with van der Waals surface area (Å²) in [4.78, 5) is 2.61. The van der Waals surface area contributed by atoms with Crippen LogP contribution < -0.4 is 0 Å². The van der Waals surface area contributed by atoms with Crippen molar-refractivity contribution >= 4 is 0 Å². The van der Waals surface area contributed by atoms with Crippen LogP contribution in [0.5, 0.6) is 0 Å². The van der Waals surface area contributed by atoms with Crippen molar-refractivity contribution in [1.29, 1.82) is 0 Å². The Hall–Kier alpha value is -1.30. The Morgan fingerprint density at radius 2 is 1.79 bits per heavy atom. The normalized spacial score (nSPS) is 31.9. The highest BCUT2D eigenvalue weighted by Gasteiger charge is 2.49. The summed E-state index contributed by atoms with van der Waals surface area (Å²) in [5.41, 5.74) is 1.17. The number of likely N-dealkylation sites (tertiary alicyclic amines) is 1. The van der Waals surface area contributed by atoms with Gasteiger partial charge < -0.3 is 5.11 Å². The molecule has 0 unspecified atom stereocenters. The van der Waals surface area contributed by atoms with Gasteiger partial charge in [0.05, 0.1) is 6.54 Å². The Morgan fingerprint density at radius 1 is 1.07 bits per heavy atom. The van der Waals surface area contributed by atoms with E-state index in [2.05, 4.69) is 49.6 Å². The quantitative estimate of drug-likeness (QED) is 0.712. The summed E-state index contributed by atoms with van der Waals surface area (Å²) in [6.45, 7) is 9.35. The van der Waals surface area contributed by atoms with Crippen molar-refractivity contribution in [3.8, 4) is 11.8 Å². The van der Waals surface area contributed by atoms with Crippen LogP contribution in [-0.4, -0.2) is 29.1 Å². The predicted octanol–water partition coefficient (Wildman–Crippen LogP) is 5.36. The summed E-state index contributed by atoms with van der Waals surface area (Å²) in [5.74, 6) is 7.19. The number of hydrogen-bond acceptors (Lipinski definition) is 2. The lowest BCUT2D eigenvalue weighted by Crippen LogP contribution is -2.35. The fraction of sp³-hybridized carbons (Fsp3) is 0.692. The van der Waals surface area contributed by atoms with Gasteiger partial charge >= 0.3 is 0 Å². The lowest BCUT2D eigenvalue weighted by molar-refractivity contribution is -0.0173. The number of rotatable bonds is 4.